The van der Waals surface area contributed by atoms with Crippen LogP contribution >= 0.6 is 0 Å². The summed E-state index contributed by atoms with van der Waals surface area (Å²) in [6.07, 6.45) is 6.26. The van der Waals surface area contributed by atoms with Crippen molar-refractivity contribution < 1.29 is 4.43 Å². The molecule has 0 spiro atoms. The standard InChI is InChI=1S/C25H34OSi/c1-8-9-20-23(24(2,3)4)27(26-25(5,6)7,21-16-12-10-13-17-21)22-18-14-11-15-19-22/h8-20,23H,1H2,2-7H3/b20-9+. The van der Waals surface area contributed by atoms with Gasteiger partial charge in [0, 0.05) is 11.1 Å². The summed E-state index contributed by atoms with van der Waals surface area (Å²) in [7, 11) is -2.62. The normalized spacial score (nSPS) is 14.3. The first-order valence-electron chi connectivity index (χ1n) is 9.72. The van der Waals surface area contributed by atoms with E-state index in [4.69, 9.17) is 4.43 Å². The molecule has 0 aliphatic heterocycles. The third-order valence-electron chi connectivity index (χ3n) is 4.68. The summed E-state index contributed by atoms with van der Waals surface area (Å²) in [4.78, 5) is 0. The van der Waals surface area contributed by atoms with Gasteiger partial charge in [-0.3, -0.25) is 0 Å². The van der Waals surface area contributed by atoms with Gasteiger partial charge in [-0.15, -0.1) is 0 Å². The Morgan fingerprint density at radius 1 is 0.815 bits per heavy atom. The van der Waals surface area contributed by atoms with E-state index in [1.165, 1.54) is 10.4 Å². The molecule has 0 aromatic heterocycles. The molecule has 0 heterocycles. The second-order valence-corrected chi connectivity index (χ2v) is 12.6. The number of rotatable bonds is 6. The Balaban J connectivity index is 2.90. The highest BCUT2D eigenvalue weighted by Crippen LogP contribution is 2.42. The fraction of sp³-hybridized carbons (Fsp3) is 0.360. The second-order valence-electron chi connectivity index (χ2n) is 9.15. The predicted molar refractivity (Wildman–Crippen MR) is 121 cm³/mol. The van der Waals surface area contributed by atoms with Crippen molar-refractivity contribution in [3.05, 3.63) is 85.5 Å². The zero-order chi connectivity index (χ0) is 20.1. The van der Waals surface area contributed by atoms with E-state index in [-0.39, 0.29) is 16.6 Å². The maximum atomic E-state index is 7.14. The molecule has 0 bridgehead atoms. The van der Waals surface area contributed by atoms with Crippen LogP contribution in [0.1, 0.15) is 41.5 Å². The lowest BCUT2D eigenvalue weighted by atomic mass is 9.91. The molecule has 1 nitrogen and oxygen atoms in total. The van der Waals surface area contributed by atoms with Crippen molar-refractivity contribution in [2.75, 3.05) is 0 Å². The Labute approximate surface area is 166 Å². The smallest absolute Gasteiger partial charge is 0.263 e. The van der Waals surface area contributed by atoms with Crippen LogP contribution in [0, 0.1) is 5.41 Å². The largest absolute Gasteiger partial charge is 0.403 e. The molecule has 0 N–H and O–H groups in total. The number of hydrogen-bond acceptors (Lipinski definition) is 1. The molecule has 0 aliphatic rings. The van der Waals surface area contributed by atoms with Gasteiger partial charge in [-0.05, 0) is 36.6 Å². The Morgan fingerprint density at radius 2 is 1.26 bits per heavy atom. The lowest BCUT2D eigenvalue weighted by Crippen LogP contribution is -2.68. The molecular weight excluding hydrogens is 344 g/mol. The Morgan fingerprint density at radius 3 is 1.59 bits per heavy atom. The van der Waals surface area contributed by atoms with Gasteiger partial charge in [0.25, 0.3) is 8.32 Å². The minimum Gasteiger partial charge on any atom is -0.403 e. The molecule has 2 rings (SSSR count). The lowest BCUT2D eigenvalue weighted by Gasteiger charge is -2.47. The van der Waals surface area contributed by atoms with Crippen molar-refractivity contribution in [2.45, 2.75) is 52.7 Å². The van der Waals surface area contributed by atoms with E-state index < -0.39 is 8.32 Å². The zero-order valence-corrected chi connectivity index (χ0v) is 18.7. The quantitative estimate of drug-likeness (QED) is 0.461. The van der Waals surface area contributed by atoms with E-state index in [0.717, 1.165) is 0 Å². The van der Waals surface area contributed by atoms with Gasteiger partial charge in [-0.1, -0.05) is 106 Å². The molecule has 2 aromatic rings. The third kappa shape index (κ3) is 5.09. The minimum absolute atomic E-state index is 0.0304. The van der Waals surface area contributed by atoms with Crippen molar-refractivity contribution in [3.8, 4) is 0 Å². The topological polar surface area (TPSA) is 9.23 Å². The molecule has 0 saturated heterocycles. The summed E-state index contributed by atoms with van der Waals surface area (Å²) in [5.74, 6) is 0. The maximum absolute atomic E-state index is 7.14. The molecule has 1 unspecified atom stereocenters. The van der Waals surface area contributed by atoms with E-state index in [1.54, 1.807) is 0 Å². The Hall–Kier alpha value is -1.90. The number of allylic oxidation sites excluding steroid dienone is 3. The summed E-state index contributed by atoms with van der Waals surface area (Å²) in [6.45, 7) is 17.3. The molecule has 0 aliphatic carbocycles. The first kappa shape index (κ1) is 21.4. The van der Waals surface area contributed by atoms with Gasteiger partial charge in [0.1, 0.15) is 0 Å². The van der Waals surface area contributed by atoms with Gasteiger partial charge in [-0.2, -0.15) is 0 Å². The van der Waals surface area contributed by atoms with Gasteiger partial charge in [0.05, 0.1) is 0 Å². The van der Waals surface area contributed by atoms with Crippen LogP contribution in [0.2, 0.25) is 5.54 Å². The van der Waals surface area contributed by atoms with Crippen molar-refractivity contribution >= 4 is 18.7 Å². The van der Waals surface area contributed by atoms with E-state index in [0.29, 0.717) is 0 Å². The molecule has 0 fully saturated rings. The highest BCUT2D eigenvalue weighted by Gasteiger charge is 2.52. The summed E-state index contributed by atoms with van der Waals surface area (Å²) in [6, 6.07) is 21.6. The number of benzene rings is 2. The molecule has 1 atom stereocenters. The predicted octanol–water partition coefficient (Wildman–Crippen LogP) is 5.72. The van der Waals surface area contributed by atoms with Crippen molar-refractivity contribution in [3.63, 3.8) is 0 Å². The van der Waals surface area contributed by atoms with E-state index in [9.17, 15) is 0 Å². The first-order chi connectivity index (χ1) is 12.6. The van der Waals surface area contributed by atoms with Crippen LogP contribution in [0.3, 0.4) is 0 Å². The van der Waals surface area contributed by atoms with Crippen molar-refractivity contribution in [2.24, 2.45) is 5.41 Å². The molecule has 2 heteroatoms. The molecule has 0 amide bonds. The van der Waals surface area contributed by atoms with Gasteiger partial charge < -0.3 is 4.43 Å². The molecule has 2 aromatic carbocycles. The van der Waals surface area contributed by atoms with Crippen LogP contribution in [0.25, 0.3) is 0 Å². The van der Waals surface area contributed by atoms with E-state index in [2.05, 4.69) is 121 Å². The van der Waals surface area contributed by atoms with Gasteiger partial charge in [0.2, 0.25) is 0 Å². The van der Waals surface area contributed by atoms with E-state index in [1.807, 2.05) is 6.08 Å². The zero-order valence-electron chi connectivity index (χ0n) is 17.7. The van der Waals surface area contributed by atoms with Crippen LogP contribution in [0.4, 0.5) is 0 Å². The van der Waals surface area contributed by atoms with E-state index >= 15 is 0 Å². The summed E-state index contributed by atoms with van der Waals surface area (Å²) >= 11 is 0. The van der Waals surface area contributed by atoms with Crippen molar-refractivity contribution in [1.29, 1.82) is 0 Å². The third-order valence-corrected chi connectivity index (χ3v) is 9.93. The average molecular weight is 379 g/mol. The van der Waals surface area contributed by atoms with Crippen LogP contribution < -0.4 is 10.4 Å². The fourth-order valence-corrected chi connectivity index (χ4v) is 9.14. The highest BCUT2D eigenvalue weighted by atomic mass is 28.4. The SMILES string of the molecule is C=C/C=C/C(C(C)(C)C)[Si](OC(C)(C)C)(c1ccccc1)c1ccccc1. The average Bonchev–Trinajstić information content (AvgIpc) is 2.60. The molecular formula is C25H34OSi. The molecule has 27 heavy (non-hydrogen) atoms. The first-order valence-corrected chi connectivity index (χ1v) is 11.7. The van der Waals surface area contributed by atoms with Crippen LogP contribution in [0.5, 0.6) is 0 Å². The summed E-state index contributed by atoms with van der Waals surface area (Å²) in [5.41, 5.74) is 0.0125. The summed E-state index contributed by atoms with van der Waals surface area (Å²) in [5, 5.41) is 2.61. The van der Waals surface area contributed by atoms with Gasteiger partial charge >= 0.3 is 0 Å². The highest BCUT2D eigenvalue weighted by molar-refractivity contribution is 6.99. The lowest BCUT2D eigenvalue weighted by molar-refractivity contribution is 0.118. The van der Waals surface area contributed by atoms with Crippen molar-refractivity contribution in [1.82, 2.24) is 0 Å². The van der Waals surface area contributed by atoms with Gasteiger partial charge in [-0.25, -0.2) is 0 Å². The Kier molecular flexibility index (Phi) is 6.66. The van der Waals surface area contributed by atoms with Crippen LogP contribution in [0.15, 0.2) is 85.5 Å². The monoisotopic (exact) mass is 378 g/mol. The number of hydrogen-bond donors (Lipinski definition) is 0. The molecule has 0 radical (unpaired) electrons. The maximum Gasteiger partial charge on any atom is 0.263 e. The Bertz CT molecular complexity index is 709. The van der Waals surface area contributed by atoms with Crippen LogP contribution in [-0.4, -0.2) is 13.9 Å². The molecule has 144 valence electrons. The van der Waals surface area contributed by atoms with Crippen LogP contribution in [-0.2, 0) is 4.43 Å². The second kappa shape index (κ2) is 8.41. The van der Waals surface area contributed by atoms with Gasteiger partial charge in [0.15, 0.2) is 0 Å². The molecule has 0 saturated carbocycles. The fourth-order valence-electron chi connectivity index (χ4n) is 3.79. The minimum atomic E-state index is -2.62. The summed E-state index contributed by atoms with van der Waals surface area (Å²) < 4.78 is 7.14.